The summed E-state index contributed by atoms with van der Waals surface area (Å²) in [6.07, 6.45) is -0.296. The third kappa shape index (κ3) is 4.17. The van der Waals surface area contributed by atoms with Gasteiger partial charge in [-0.15, -0.1) is 0 Å². The van der Waals surface area contributed by atoms with Crippen molar-refractivity contribution in [3.05, 3.63) is 0 Å². The average molecular weight is 311 g/mol. The molecule has 17 heavy (non-hydrogen) atoms. The van der Waals surface area contributed by atoms with Crippen molar-refractivity contribution in [3.8, 4) is 0 Å². The lowest BCUT2D eigenvalue weighted by atomic mass is 10.1. The van der Waals surface area contributed by atoms with Crippen molar-refractivity contribution in [3.63, 3.8) is 0 Å². The maximum absolute atomic E-state index is 9.84. The molecule has 0 aromatic heterocycles. The van der Waals surface area contributed by atoms with E-state index in [-0.39, 0.29) is 6.10 Å². The van der Waals surface area contributed by atoms with Gasteiger partial charge >= 0.3 is 0 Å². The lowest BCUT2D eigenvalue weighted by molar-refractivity contribution is -0.205. The monoisotopic (exact) mass is 310 g/mol. The summed E-state index contributed by atoms with van der Waals surface area (Å²) in [4.78, 5) is 0. The van der Waals surface area contributed by atoms with Crippen molar-refractivity contribution in [2.45, 2.75) is 38.8 Å². The molecule has 0 aromatic rings. The highest BCUT2D eigenvalue weighted by Crippen LogP contribution is 2.45. The molecule has 5 heteroatoms. The van der Waals surface area contributed by atoms with Crippen LogP contribution in [-0.2, 0) is 14.2 Å². The molecular formula is C12H23BrO4. The van der Waals surface area contributed by atoms with E-state index in [1.165, 1.54) is 7.11 Å². The molecule has 1 saturated carbocycles. The molecule has 0 saturated heterocycles. The maximum Gasteiger partial charge on any atom is 0.183 e. The van der Waals surface area contributed by atoms with Gasteiger partial charge in [-0.3, -0.25) is 0 Å². The second-order valence-electron chi connectivity index (χ2n) is 4.28. The van der Waals surface area contributed by atoms with Crippen LogP contribution in [0.3, 0.4) is 0 Å². The summed E-state index contributed by atoms with van der Waals surface area (Å²) >= 11 is 3.49. The van der Waals surface area contributed by atoms with Gasteiger partial charge in [0.2, 0.25) is 0 Å². The Morgan fingerprint density at radius 2 is 1.94 bits per heavy atom. The van der Waals surface area contributed by atoms with E-state index >= 15 is 0 Å². The van der Waals surface area contributed by atoms with Gasteiger partial charge in [0.1, 0.15) is 6.10 Å². The zero-order valence-electron chi connectivity index (χ0n) is 10.8. The highest BCUT2D eigenvalue weighted by Gasteiger charge is 2.48. The zero-order chi connectivity index (χ0) is 12.8. The molecule has 5 atom stereocenters. The van der Waals surface area contributed by atoms with E-state index in [1.54, 1.807) is 0 Å². The molecule has 0 bridgehead atoms. The van der Waals surface area contributed by atoms with Crippen molar-refractivity contribution in [1.82, 2.24) is 0 Å². The number of ether oxygens (including phenoxy) is 3. The summed E-state index contributed by atoms with van der Waals surface area (Å²) in [6.45, 7) is 5.03. The third-order valence-corrected chi connectivity index (χ3v) is 3.99. The largest absolute Gasteiger partial charge is 0.375 e. The quantitative estimate of drug-likeness (QED) is 0.521. The SMILES string of the molecule is CCOC(C(O)OC)C(OCC)C1CC1CBr. The van der Waals surface area contributed by atoms with Gasteiger partial charge in [0.05, 0.1) is 6.10 Å². The highest BCUT2D eigenvalue weighted by molar-refractivity contribution is 9.09. The van der Waals surface area contributed by atoms with Crippen molar-refractivity contribution >= 4 is 15.9 Å². The van der Waals surface area contributed by atoms with Gasteiger partial charge in [0, 0.05) is 25.7 Å². The van der Waals surface area contributed by atoms with E-state index in [1.807, 2.05) is 13.8 Å². The van der Waals surface area contributed by atoms with Crippen LogP contribution in [0.15, 0.2) is 0 Å². The number of hydrogen-bond acceptors (Lipinski definition) is 4. The predicted octanol–water partition coefficient (Wildman–Crippen LogP) is 1.79. The van der Waals surface area contributed by atoms with E-state index in [0.29, 0.717) is 25.0 Å². The van der Waals surface area contributed by atoms with E-state index in [2.05, 4.69) is 15.9 Å². The minimum Gasteiger partial charge on any atom is -0.375 e. The summed E-state index contributed by atoms with van der Waals surface area (Å²) in [5.41, 5.74) is 0. The highest BCUT2D eigenvalue weighted by atomic mass is 79.9. The first kappa shape index (κ1) is 15.4. The van der Waals surface area contributed by atoms with Crippen LogP contribution < -0.4 is 0 Å². The molecule has 0 aromatic carbocycles. The topological polar surface area (TPSA) is 47.9 Å². The molecular weight excluding hydrogens is 288 g/mol. The van der Waals surface area contributed by atoms with Crippen molar-refractivity contribution in [2.75, 3.05) is 25.7 Å². The number of alkyl halides is 1. The van der Waals surface area contributed by atoms with Gasteiger partial charge in [0.15, 0.2) is 6.29 Å². The molecule has 0 spiro atoms. The van der Waals surface area contributed by atoms with E-state index < -0.39 is 12.4 Å². The van der Waals surface area contributed by atoms with E-state index in [4.69, 9.17) is 14.2 Å². The molecule has 5 unspecified atom stereocenters. The van der Waals surface area contributed by atoms with Crippen LogP contribution in [0.5, 0.6) is 0 Å². The molecule has 1 fully saturated rings. The van der Waals surface area contributed by atoms with E-state index in [0.717, 1.165) is 11.8 Å². The fourth-order valence-corrected chi connectivity index (χ4v) is 2.92. The second kappa shape index (κ2) is 7.69. The first-order valence-corrected chi connectivity index (χ1v) is 7.31. The van der Waals surface area contributed by atoms with Gasteiger partial charge in [0.25, 0.3) is 0 Å². The van der Waals surface area contributed by atoms with Crippen LogP contribution in [0.1, 0.15) is 20.3 Å². The Kier molecular flexibility index (Phi) is 6.95. The minimum atomic E-state index is -0.928. The number of aliphatic hydroxyl groups excluding tert-OH is 1. The Bertz CT molecular complexity index is 215. The lowest BCUT2D eigenvalue weighted by Gasteiger charge is -2.30. The average Bonchev–Trinajstić information content (AvgIpc) is 3.12. The van der Waals surface area contributed by atoms with Gasteiger partial charge < -0.3 is 19.3 Å². The van der Waals surface area contributed by atoms with Crippen LogP contribution in [0.2, 0.25) is 0 Å². The Morgan fingerprint density at radius 1 is 1.29 bits per heavy atom. The fourth-order valence-electron chi connectivity index (χ4n) is 2.17. The second-order valence-corrected chi connectivity index (χ2v) is 4.93. The Hall–Kier alpha value is 0.320. The summed E-state index contributed by atoms with van der Waals surface area (Å²) in [6, 6.07) is 0. The van der Waals surface area contributed by atoms with Crippen LogP contribution in [0, 0.1) is 11.8 Å². The molecule has 4 nitrogen and oxygen atoms in total. The molecule has 0 heterocycles. The number of halogens is 1. The summed E-state index contributed by atoms with van der Waals surface area (Å²) in [5.74, 6) is 1.08. The normalized spacial score (nSPS) is 28.8. The molecule has 0 aliphatic heterocycles. The van der Waals surface area contributed by atoms with E-state index in [9.17, 15) is 5.11 Å². The number of aliphatic hydroxyl groups is 1. The van der Waals surface area contributed by atoms with Gasteiger partial charge in [-0.25, -0.2) is 0 Å². The molecule has 1 rings (SSSR count). The standard InChI is InChI=1S/C12H23BrO4/c1-4-16-10(9-6-8(9)7-13)11(17-5-2)12(14)15-3/h8-12,14H,4-7H2,1-3H3. The Balaban J connectivity index is 2.64. The predicted molar refractivity (Wildman–Crippen MR) is 69.2 cm³/mol. The molecule has 0 radical (unpaired) electrons. The molecule has 0 amide bonds. The zero-order valence-corrected chi connectivity index (χ0v) is 12.4. The van der Waals surface area contributed by atoms with Gasteiger partial charge in [-0.05, 0) is 32.1 Å². The Labute approximate surface area is 112 Å². The van der Waals surface area contributed by atoms with Crippen LogP contribution >= 0.6 is 15.9 Å². The van der Waals surface area contributed by atoms with Gasteiger partial charge in [-0.2, -0.15) is 0 Å². The van der Waals surface area contributed by atoms with Crippen LogP contribution in [-0.4, -0.2) is 49.3 Å². The van der Waals surface area contributed by atoms with Gasteiger partial charge in [-0.1, -0.05) is 15.9 Å². The molecule has 102 valence electrons. The van der Waals surface area contributed by atoms with Crippen molar-refractivity contribution in [2.24, 2.45) is 11.8 Å². The first-order chi connectivity index (χ1) is 8.19. The smallest absolute Gasteiger partial charge is 0.183 e. The summed E-state index contributed by atoms with van der Waals surface area (Å²) in [5, 5.41) is 10.8. The minimum absolute atomic E-state index is 0.0857. The summed E-state index contributed by atoms with van der Waals surface area (Å²) < 4.78 is 16.3. The fraction of sp³-hybridized carbons (Fsp3) is 1.00. The maximum atomic E-state index is 9.84. The third-order valence-electron chi connectivity index (χ3n) is 3.16. The molecule has 1 aliphatic carbocycles. The molecule has 1 N–H and O–H groups in total. The number of rotatable bonds is 9. The van der Waals surface area contributed by atoms with Crippen molar-refractivity contribution < 1.29 is 19.3 Å². The molecule has 1 aliphatic rings. The lowest BCUT2D eigenvalue weighted by Crippen LogP contribution is -2.44. The van der Waals surface area contributed by atoms with Crippen LogP contribution in [0.25, 0.3) is 0 Å². The Morgan fingerprint density at radius 3 is 2.35 bits per heavy atom. The first-order valence-electron chi connectivity index (χ1n) is 6.19. The van der Waals surface area contributed by atoms with Crippen molar-refractivity contribution in [1.29, 1.82) is 0 Å². The van der Waals surface area contributed by atoms with Crippen LogP contribution in [0.4, 0.5) is 0 Å². The number of hydrogen-bond donors (Lipinski definition) is 1. The number of methoxy groups -OCH3 is 1. The summed E-state index contributed by atoms with van der Waals surface area (Å²) in [7, 11) is 1.48.